The fourth-order valence-electron chi connectivity index (χ4n) is 1.37. The maximum absolute atomic E-state index is 9.36. The SMILES string of the molecule is OC1(O)CCCc2nnnn2C1. The van der Waals surface area contributed by atoms with Crippen molar-refractivity contribution in [2.45, 2.75) is 31.6 Å². The molecule has 1 aromatic heterocycles. The normalized spacial score (nSPS) is 21.5. The minimum Gasteiger partial charge on any atom is -0.364 e. The molecule has 0 saturated heterocycles. The molecule has 0 saturated carbocycles. The third kappa shape index (κ3) is 1.30. The summed E-state index contributed by atoms with van der Waals surface area (Å²) in [5.41, 5.74) is 0. The number of tetrazole rings is 1. The van der Waals surface area contributed by atoms with E-state index in [1.807, 2.05) is 0 Å². The van der Waals surface area contributed by atoms with E-state index >= 15 is 0 Å². The second kappa shape index (κ2) is 2.49. The van der Waals surface area contributed by atoms with Gasteiger partial charge in [0.1, 0.15) is 0 Å². The smallest absolute Gasteiger partial charge is 0.182 e. The van der Waals surface area contributed by atoms with Gasteiger partial charge in [-0.15, -0.1) is 5.10 Å². The molecule has 0 aliphatic carbocycles. The Morgan fingerprint density at radius 1 is 1.42 bits per heavy atom. The van der Waals surface area contributed by atoms with Crippen molar-refractivity contribution in [3.05, 3.63) is 5.82 Å². The van der Waals surface area contributed by atoms with E-state index in [-0.39, 0.29) is 6.54 Å². The summed E-state index contributed by atoms with van der Waals surface area (Å²) in [6.07, 6.45) is 1.77. The highest BCUT2D eigenvalue weighted by molar-refractivity contribution is 4.86. The Morgan fingerprint density at radius 2 is 2.25 bits per heavy atom. The molecule has 0 atom stereocenters. The molecular weight excluding hydrogens is 160 g/mol. The third-order valence-electron chi connectivity index (χ3n) is 1.99. The summed E-state index contributed by atoms with van der Waals surface area (Å²) in [5.74, 6) is -0.930. The largest absolute Gasteiger partial charge is 0.364 e. The fraction of sp³-hybridized carbons (Fsp3) is 0.833. The quantitative estimate of drug-likeness (QED) is 0.472. The molecule has 0 bridgehead atoms. The number of hydrogen-bond acceptors (Lipinski definition) is 5. The van der Waals surface area contributed by atoms with Gasteiger partial charge in [0.2, 0.25) is 0 Å². The Morgan fingerprint density at radius 3 is 3.08 bits per heavy atom. The molecule has 2 heterocycles. The Hall–Kier alpha value is -1.01. The van der Waals surface area contributed by atoms with Gasteiger partial charge < -0.3 is 10.2 Å². The van der Waals surface area contributed by atoms with Crippen molar-refractivity contribution in [1.82, 2.24) is 20.2 Å². The van der Waals surface area contributed by atoms with Crippen LogP contribution < -0.4 is 0 Å². The molecule has 1 aliphatic rings. The Balaban J connectivity index is 2.30. The molecule has 6 heteroatoms. The van der Waals surface area contributed by atoms with Crippen LogP contribution >= 0.6 is 0 Å². The van der Waals surface area contributed by atoms with Crippen LogP contribution in [-0.2, 0) is 13.0 Å². The fourth-order valence-corrected chi connectivity index (χ4v) is 1.37. The second-order valence-corrected chi connectivity index (χ2v) is 3.09. The maximum atomic E-state index is 9.36. The van der Waals surface area contributed by atoms with Crippen LogP contribution in [0.5, 0.6) is 0 Å². The van der Waals surface area contributed by atoms with E-state index in [0.717, 1.165) is 5.82 Å². The first-order valence-electron chi connectivity index (χ1n) is 3.87. The topological polar surface area (TPSA) is 84.1 Å². The lowest BCUT2D eigenvalue weighted by atomic mass is 10.1. The zero-order valence-corrected chi connectivity index (χ0v) is 6.51. The van der Waals surface area contributed by atoms with Crippen molar-refractivity contribution in [2.24, 2.45) is 0 Å². The monoisotopic (exact) mass is 170 g/mol. The van der Waals surface area contributed by atoms with Crippen molar-refractivity contribution >= 4 is 0 Å². The van der Waals surface area contributed by atoms with Crippen molar-refractivity contribution in [2.75, 3.05) is 0 Å². The average molecular weight is 170 g/mol. The van der Waals surface area contributed by atoms with Gasteiger partial charge >= 0.3 is 0 Å². The molecule has 0 amide bonds. The minimum atomic E-state index is -1.65. The molecule has 0 aromatic carbocycles. The first-order chi connectivity index (χ1) is 5.67. The number of aryl methyl sites for hydroxylation is 1. The van der Waals surface area contributed by atoms with E-state index in [0.29, 0.717) is 19.3 Å². The molecule has 0 radical (unpaired) electrons. The van der Waals surface area contributed by atoms with Crippen molar-refractivity contribution < 1.29 is 10.2 Å². The number of fused-ring (bicyclic) bond motifs is 1. The zero-order valence-electron chi connectivity index (χ0n) is 6.51. The number of aliphatic hydroxyl groups is 2. The minimum absolute atomic E-state index is 0.0648. The highest BCUT2D eigenvalue weighted by Gasteiger charge is 2.28. The van der Waals surface area contributed by atoms with Crippen molar-refractivity contribution in [1.29, 1.82) is 0 Å². The van der Waals surface area contributed by atoms with E-state index in [1.54, 1.807) is 0 Å². The molecule has 0 unspecified atom stereocenters. The van der Waals surface area contributed by atoms with Crippen LogP contribution in [0.15, 0.2) is 0 Å². The lowest BCUT2D eigenvalue weighted by Gasteiger charge is -2.18. The van der Waals surface area contributed by atoms with Gasteiger partial charge in [0.25, 0.3) is 0 Å². The van der Waals surface area contributed by atoms with Gasteiger partial charge in [-0.1, -0.05) is 0 Å². The van der Waals surface area contributed by atoms with E-state index in [9.17, 15) is 10.2 Å². The van der Waals surface area contributed by atoms with Crippen molar-refractivity contribution in [3.63, 3.8) is 0 Å². The highest BCUT2D eigenvalue weighted by Crippen LogP contribution is 2.17. The van der Waals surface area contributed by atoms with Gasteiger partial charge in [0.15, 0.2) is 11.6 Å². The van der Waals surface area contributed by atoms with E-state index in [2.05, 4.69) is 15.5 Å². The number of hydrogen-bond donors (Lipinski definition) is 2. The Labute approximate surface area is 68.8 Å². The molecule has 2 rings (SSSR count). The predicted octanol–water partition coefficient (Wildman–Crippen LogP) is -1.31. The zero-order chi connectivity index (χ0) is 8.60. The Bertz CT molecular complexity index is 283. The summed E-state index contributed by atoms with van der Waals surface area (Å²) in [7, 11) is 0. The number of aromatic nitrogens is 4. The summed E-state index contributed by atoms with van der Waals surface area (Å²) in [6, 6.07) is 0. The first-order valence-corrected chi connectivity index (χ1v) is 3.87. The van der Waals surface area contributed by atoms with E-state index in [1.165, 1.54) is 4.68 Å². The summed E-state index contributed by atoms with van der Waals surface area (Å²) in [4.78, 5) is 0. The lowest BCUT2D eigenvalue weighted by molar-refractivity contribution is -0.175. The number of nitrogens with zero attached hydrogens (tertiary/aromatic N) is 4. The van der Waals surface area contributed by atoms with Crippen LogP contribution in [-0.4, -0.2) is 36.2 Å². The average Bonchev–Trinajstić information content (AvgIpc) is 2.31. The summed E-state index contributed by atoms with van der Waals surface area (Å²) < 4.78 is 1.44. The second-order valence-electron chi connectivity index (χ2n) is 3.09. The molecule has 2 N–H and O–H groups in total. The van der Waals surface area contributed by atoms with Gasteiger partial charge in [-0.3, -0.25) is 0 Å². The molecule has 1 aliphatic heterocycles. The molecule has 0 fully saturated rings. The highest BCUT2D eigenvalue weighted by atomic mass is 16.5. The summed E-state index contributed by atoms with van der Waals surface area (Å²) >= 11 is 0. The van der Waals surface area contributed by atoms with E-state index < -0.39 is 5.79 Å². The van der Waals surface area contributed by atoms with Gasteiger partial charge in [-0.2, -0.15) is 0 Å². The predicted molar refractivity (Wildman–Crippen MR) is 37.9 cm³/mol. The molecular formula is C6H10N4O2. The Kier molecular flexibility index (Phi) is 1.59. The standard InChI is InChI=1S/C6H10N4O2/c11-6(12)3-1-2-5-7-8-9-10(5)4-6/h11-12H,1-4H2. The van der Waals surface area contributed by atoms with Crippen LogP contribution in [0.4, 0.5) is 0 Å². The molecule has 66 valence electrons. The third-order valence-corrected chi connectivity index (χ3v) is 1.99. The maximum Gasteiger partial charge on any atom is 0.182 e. The van der Waals surface area contributed by atoms with Crippen LogP contribution in [0.3, 0.4) is 0 Å². The summed E-state index contributed by atoms with van der Waals surface area (Å²) in [5, 5.41) is 29.6. The van der Waals surface area contributed by atoms with Crippen molar-refractivity contribution in [3.8, 4) is 0 Å². The molecule has 12 heavy (non-hydrogen) atoms. The van der Waals surface area contributed by atoms with Crippen LogP contribution in [0.1, 0.15) is 18.7 Å². The number of rotatable bonds is 0. The van der Waals surface area contributed by atoms with Gasteiger partial charge in [-0.25, -0.2) is 4.68 Å². The van der Waals surface area contributed by atoms with Crippen LogP contribution in [0, 0.1) is 0 Å². The van der Waals surface area contributed by atoms with Crippen LogP contribution in [0.2, 0.25) is 0 Å². The lowest BCUT2D eigenvalue weighted by Crippen LogP contribution is -2.33. The van der Waals surface area contributed by atoms with E-state index in [4.69, 9.17) is 0 Å². The van der Waals surface area contributed by atoms with Gasteiger partial charge in [-0.05, 0) is 16.8 Å². The summed E-state index contributed by atoms with van der Waals surface area (Å²) in [6.45, 7) is 0.0648. The molecule has 6 nitrogen and oxygen atoms in total. The van der Waals surface area contributed by atoms with Gasteiger partial charge in [0.05, 0.1) is 6.54 Å². The van der Waals surface area contributed by atoms with Crippen LogP contribution in [0.25, 0.3) is 0 Å². The van der Waals surface area contributed by atoms with Gasteiger partial charge in [0, 0.05) is 12.8 Å². The molecule has 0 spiro atoms. The molecule has 1 aromatic rings. The first kappa shape index (κ1) is 7.63.